The highest BCUT2D eigenvalue weighted by Crippen LogP contribution is 2.27. The van der Waals surface area contributed by atoms with Gasteiger partial charge in [-0.3, -0.25) is 19.2 Å². The second-order valence-electron chi connectivity index (χ2n) is 11.3. The minimum atomic E-state index is -1.23. The summed E-state index contributed by atoms with van der Waals surface area (Å²) in [6, 6.07) is 3.55. The van der Waals surface area contributed by atoms with Gasteiger partial charge in [0.25, 0.3) is 0 Å². The van der Waals surface area contributed by atoms with Gasteiger partial charge in [-0.2, -0.15) is 0 Å². The van der Waals surface area contributed by atoms with Crippen molar-refractivity contribution in [3.63, 3.8) is 0 Å². The third-order valence-corrected chi connectivity index (χ3v) is 6.38. The quantitative estimate of drug-likeness (QED) is 0.135. The zero-order chi connectivity index (χ0) is 32.4. The van der Waals surface area contributed by atoms with Gasteiger partial charge in [0.05, 0.1) is 13.0 Å². The standard InChI is InChI=1S/C31H50N4O8/c1-6-8-9-10-11-12-20-35(29(40)24(16-17-25(32)37)34-30(41)43-31(3,4)5)27(22-14-13-15-23(36)21-22)28(39)33-19-18-26(38)42-7-2/h13-15,21,24,27,36H,6-12,16-20H2,1-5H3,(H2,32,37)(H,33,39)(H,34,41). The number of unbranched alkanes of at least 4 members (excludes halogenated alkanes) is 5. The first-order valence-corrected chi connectivity index (χ1v) is 15.1. The molecule has 12 nitrogen and oxygen atoms in total. The van der Waals surface area contributed by atoms with Gasteiger partial charge in [-0.25, -0.2) is 4.79 Å². The van der Waals surface area contributed by atoms with Crippen molar-refractivity contribution < 1.29 is 38.6 Å². The number of carbonyl (C=O) groups is 5. The minimum absolute atomic E-state index is 0.0344. The molecule has 0 aliphatic rings. The predicted octanol–water partition coefficient (Wildman–Crippen LogP) is 3.85. The van der Waals surface area contributed by atoms with E-state index in [2.05, 4.69) is 17.6 Å². The van der Waals surface area contributed by atoms with Gasteiger partial charge in [0.1, 0.15) is 23.4 Å². The maximum absolute atomic E-state index is 14.2. The second kappa shape index (κ2) is 19.4. The third kappa shape index (κ3) is 15.3. The summed E-state index contributed by atoms with van der Waals surface area (Å²) in [5, 5.41) is 15.5. The van der Waals surface area contributed by atoms with Crippen LogP contribution in [-0.2, 0) is 28.7 Å². The molecule has 0 saturated carbocycles. The fourth-order valence-corrected chi connectivity index (χ4v) is 4.41. The number of hydrogen-bond acceptors (Lipinski definition) is 8. The summed E-state index contributed by atoms with van der Waals surface area (Å²) in [7, 11) is 0. The van der Waals surface area contributed by atoms with E-state index in [1.807, 2.05) is 0 Å². The summed E-state index contributed by atoms with van der Waals surface area (Å²) in [6.07, 6.45) is 4.28. The van der Waals surface area contributed by atoms with E-state index in [1.54, 1.807) is 39.8 Å². The van der Waals surface area contributed by atoms with E-state index in [9.17, 15) is 29.1 Å². The van der Waals surface area contributed by atoms with E-state index in [0.29, 0.717) is 12.0 Å². The van der Waals surface area contributed by atoms with Crippen molar-refractivity contribution >= 4 is 29.8 Å². The van der Waals surface area contributed by atoms with E-state index in [-0.39, 0.29) is 44.7 Å². The first-order chi connectivity index (χ1) is 20.3. The van der Waals surface area contributed by atoms with Crippen molar-refractivity contribution in [3.05, 3.63) is 29.8 Å². The maximum atomic E-state index is 14.2. The second-order valence-corrected chi connectivity index (χ2v) is 11.3. The molecule has 1 rings (SSSR count). The van der Waals surface area contributed by atoms with Crippen LogP contribution in [0.3, 0.4) is 0 Å². The smallest absolute Gasteiger partial charge is 0.408 e. The van der Waals surface area contributed by atoms with Crippen molar-refractivity contribution in [1.29, 1.82) is 0 Å². The van der Waals surface area contributed by atoms with Crippen LogP contribution in [0, 0.1) is 0 Å². The fourth-order valence-electron chi connectivity index (χ4n) is 4.41. The molecule has 2 atom stereocenters. The Balaban J connectivity index is 3.44. The summed E-state index contributed by atoms with van der Waals surface area (Å²) >= 11 is 0. The Morgan fingerprint density at radius 2 is 1.67 bits per heavy atom. The monoisotopic (exact) mass is 606 g/mol. The van der Waals surface area contributed by atoms with Gasteiger partial charge in [-0.1, -0.05) is 51.2 Å². The Labute approximate surface area is 255 Å². The van der Waals surface area contributed by atoms with Crippen LogP contribution in [0.4, 0.5) is 4.79 Å². The summed E-state index contributed by atoms with van der Waals surface area (Å²) in [5.74, 6) is -2.45. The van der Waals surface area contributed by atoms with Crippen molar-refractivity contribution in [3.8, 4) is 5.75 Å². The molecule has 0 aromatic heterocycles. The molecule has 2 unspecified atom stereocenters. The molecule has 0 heterocycles. The number of nitrogens with zero attached hydrogens (tertiary/aromatic N) is 1. The number of esters is 1. The summed E-state index contributed by atoms with van der Waals surface area (Å²) in [5.41, 5.74) is 4.85. The van der Waals surface area contributed by atoms with Crippen LogP contribution in [0.25, 0.3) is 0 Å². The average molecular weight is 607 g/mol. The van der Waals surface area contributed by atoms with Crippen molar-refractivity contribution in [2.24, 2.45) is 5.73 Å². The Morgan fingerprint density at radius 1 is 1.00 bits per heavy atom. The van der Waals surface area contributed by atoms with Crippen LogP contribution in [0.15, 0.2) is 24.3 Å². The summed E-state index contributed by atoms with van der Waals surface area (Å²) < 4.78 is 10.3. The fraction of sp³-hybridized carbons (Fsp3) is 0.645. The Hall–Kier alpha value is -3.83. The molecule has 0 aliphatic carbocycles. The number of amides is 4. The number of benzene rings is 1. The number of ether oxygens (including phenoxy) is 2. The van der Waals surface area contributed by atoms with Gasteiger partial charge < -0.3 is 35.8 Å². The number of alkyl carbamates (subject to hydrolysis) is 1. The Bertz CT molecular complexity index is 1060. The highest BCUT2D eigenvalue weighted by atomic mass is 16.6. The molecule has 4 amide bonds. The molecule has 0 spiro atoms. The Kier molecular flexibility index (Phi) is 16.8. The number of phenols is 1. The molecule has 242 valence electrons. The lowest BCUT2D eigenvalue weighted by Gasteiger charge is -2.34. The molecule has 0 radical (unpaired) electrons. The van der Waals surface area contributed by atoms with Crippen LogP contribution in [0.5, 0.6) is 5.75 Å². The van der Waals surface area contributed by atoms with Crippen molar-refractivity contribution in [2.75, 3.05) is 19.7 Å². The number of aromatic hydroxyl groups is 1. The van der Waals surface area contributed by atoms with Crippen LogP contribution in [0.1, 0.15) is 104 Å². The van der Waals surface area contributed by atoms with Crippen LogP contribution in [0.2, 0.25) is 0 Å². The SMILES string of the molecule is CCCCCCCCN(C(=O)C(CCC(N)=O)NC(=O)OC(C)(C)C)C(C(=O)NCCC(=O)OCC)c1cccc(O)c1. The maximum Gasteiger partial charge on any atom is 0.408 e. The molecule has 43 heavy (non-hydrogen) atoms. The molecule has 12 heteroatoms. The molecule has 5 N–H and O–H groups in total. The van der Waals surface area contributed by atoms with Crippen LogP contribution >= 0.6 is 0 Å². The third-order valence-electron chi connectivity index (χ3n) is 6.38. The van der Waals surface area contributed by atoms with E-state index in [4.69, 9.17) is 15.2 Å². The molecular weight excluding hydrogens is 556 g/mol. The number of primary amides is 1. The van der Waals surface area contributed by atoms with E-state index in [0.717, 1.165) is 32.1 Å². The Morgan fingerprint density at radius 3 is 2.28 bits per heavy atom. The molecule has 1 aromatic carbocycles. The highest BCUT2D eigenvalue weighted by molar-refractivity contribution is 5.92. The largest absolute Gasteiger partial charge is 0.508 e. The topological polar surface area (TPSA) is 177 Å². The molecule has 1 aromatic rings. The van der Waals surface area contributed by atoms with Gasteiger partial charge in [-0.05, 0) is 58.2 Å². The lowest BCUT2D eigenvalue weighted by atomic mass is 10.0. The average Bonchev–Trinajstić information content (AvgIpc) is 2.90. The number of nitrogens with one attached hydrogen (secondary N) is 2. The number of rotatable bonds is 19. The number of phenolic OH excluding ortho intramolecular Hbond substituents is 1. The zero-order valence-corrected chi connectivity index (χ0v) is 26.3. The molecule has 0 fully saturated rings. The first-order valence-electron chi connectivity index (χ1n) is 15.1. The highest BCUT2D eigenvalue weighted by Gasteiger charge is 2.36. The number of hydrogen-bond donors (Lipinski definition) is 4. The predicted molar refractivity (Wildman–Crippen MR) is 162 cm³/mol. The van der Waals surface area contributed by atoms with Gasteiger partial charge in [0, 0.05) is 19.5 Å². The van der Waals surface area contributed by atoms with E-state index < -0.39 is 47.5 Å². The van der Waals surface area contributed by atoms with Crippen LogP contribution < -0.4 is 16.4 Å². The van der Waals surface area contributed by atoms with Gasteiger partial charge in [0.15, 0.2) is 0 Å². The van der Waals surface area contributed by atoms with E-state index in [1.165, 1.54) is 17.0 Å². The number of nitrogens with two attached hydrogens (primary N) is 1. The number of carbonyl (C=O) groups excluding carboxylic acids is 5. The molecule has 0 saturated heterocycles. The van der Waals surface area contributed by atoms with E-state index >= 15 is 0 Å². The summed E-state index contributed by atoms with van der Waals surface area (Å²) in [4.78, 5) is 65.4. The normalized spacial score (nSPS) is 12.5. The van der Waals surface area contributed by atoms with Gasteiger partial charge in [-0.15, -0.1) is 0 Å². The van der Waals surface area contributed by atoms with Gasteiger partial charge in [0.2, 0.25) is 17.7 Å². The van der Waals surface area contributed by atoms with Gasteiger partial charge >= 0.3 is 12.1 Å². The van der Waals surface area contributed by atoms with Crippen LogP contribution in [-0.4, -0.2) is 71.1 Å². The molecular formula is C31H50N4O8. The summed E-state index contributed by atoms with van der Waals surface area (Å²) in [6.45, 7) is 9.15. The lowest BCUT2D eigenvalue weighted by molar-refractivity contribution is -0.144. The van der Waals surface area contributed by atoms with Crippen molar-refractivity contribution in [1.82, 2.24) is 15.5 Å². The molecule has 0 bridgehead atoms. The zero-order valence-electron chi connectivity index (χ0n) is 26.3. The van der Waals surface area contributed by atoms with Crippen molar-refractivity contribution in [2.45, 2.75) is 110 Å². The minimum Gasteiger partial charge on any atom is -0.508 e. The first kappa shape index (κ1) is 37.2. The lowest BCUT2D eigenvalue weighted by Crippen LogP contribution is -2.53. The molecule has 0 aliphatic heterocycles.